The van der Waals surface area contributed by atoms with Crippen LogP contribution in [0.3, 0.4) is 0 Å². The van der Waals surface area contributed by atoms with Crippen molar-refractivity contribution in [3.8, 4) is 5.69 Å². The molecule has 142 valence electrons. The van der Waals surface area contributed by atoms with E-state index in [1.165, 1.54) is 23.5 Å². The van der Waals surface area contributed by atoms with E-state index in [1.54, 1.807) is 24.4 Å². The summed E-state index contributed by atoms with van der Waals surface area (Å²) in [5.74, 6) is -0.534. The minimum Gasteiger partial charge on any atom is -0.267 e. The molecule has 28 heavy (non-hydrogen) atoms. The van der Waals surface area contributed by atoms with Crippen LogP contribution in [-0.4, -0.2) is 18.2 Å². The molecular weight excluding hydrogens is 398 g/mol. The second kappa shape index (κ2) is 6.65. The number of thiophene rings is 1. The van der Waals surface area contributed by atoms with Crippen LogP contribution < -0.4 is 5.56 Å². The Balaban J connectivity index is 2.06. The monoisotopic (exact) mass is 413 g/mol. The van der Waals surface area contributed by atoms with E-state index in [2.05, 4.69) is 5.10 Å². The summed E-state index contributed by atoms with van der Waals surface area (Å²) in [6.07, 6.45) is 0. The lowest BCUT2D eigenvalue weighted by Crippen LogP contribution is -2.24. The van der Waals surface area contributed by atoms with Crippen molar-refractivity contribution < 1.29 is 12.8 Å². The van der Waals surface area contributed by atoms with Crippen LogP contribution in [0.1, 0.15) is 10.4 Å². The van der Waals surface area contributed by atoms with Crippen LogP contribution >= 0.6 is 11.3 Å². The molecule has 0 atom stereocenters. The second-order valence-electron chi connectivity index (χ2n) is 6.40. The summed E-state index contributed by atoms with van der Waals surface area (Å²) in [4.78, 5) is 13.6. The maximum absolute atomic E-state index is 13.3. The number of nitrogens with zero attached hydrogens (tertiary/aromatic N) is 2. The van der Waals surface area contributed by atoms with Crippen molar-refractivity contribution in [1.29, 1.82) is 0 Å². The topological polar surface area (TPSA) is 69.0 Å². The van der Waals surface area contributed by atoms with Crippen LogP contribution in [-0.2, 0) is 9.84 Å². The highest BCUT2D eigenvalue weighted by molar-refractivity contribution is 7.91. The maximum atomic E-state index is 13.3. The molecule has 0 N–H and O–H groups in total. The quantitative estimate of drug-likeness (QED) is 0.476. The van der Waals surface area contributed by atoms with E-state index in [9.17, 15) is 17.6 Å². The third-order valence-electron chi connectivity index (χ3n) is 4.46. The molecule has 5 nitrogen and oxygen atoms in total. The van der Waals surface area contributed by atoms with Crippen molar-refractivity contribution in [3.63, 3.8) is 0 Å². The standard InChI is InChI=1S/C20H15FN2O3S2/c1-12-3-7-15(8-4-12)23-20(24)18-13(2)27-11-17(18)19(22-23)28(25,26)16-9-5-14(21)6-10-16/h3-11H,1-2H3/i21-1. The third-order valence-corrected chi connectivity index (χ3v) is 7.07. The highest BCUT2D eigenvalue weighted by Crippen LogP contribution is 2.30. The molecule has 0 aliphatic heterocycles. The lowest BCUT2D eigenvalue weighted by Gasteiger charge is -2.10. The largest absolute Gasteiger partial charge is 0.280 e. The van der Waals surface area contributed by atoms with Gasteiger partial charge in [-0.15, -0.1) is 11.3 Å². The van der Waals surface area contributed by atoms with Gasteiger partial charge >= 0.3 is 0 Å². The van der Waals surface area contributed by atoms with Gasteiger partial charge in [0.2, 0.25) is 9.84 Å². The zero-order chi connectivity index (χ0) is 20.1. The van der Waals surface area contributed by atoms with Gasteiger partial charge in [-0.25, -0.2) is 12.8 Å². The molecular formula is C20H15FN2O3S2. The van der Waals surface area contributed by atoms with Crippen LogP contribution in [0.5, 0.6) is 0 Å². The van der Waals surface area contributed by atoms with Gasteiger partial charge in [0.15, 0.2) is 5.03 Å². The summed E-state index contributed by atoms with van der Waals surface area (Å²) in [6.45, 7) is 3.68. The molecule has 0 radical (unpaired) electrons. The molecule has 0 fully saturated rings. The zero-order valence-corrected chi connectivity index (χ0v) is 16.6. The zero-order valence-electron chi connectivity index (χ0n) is 15.0. The van der Waals surface area contributed by atoms with Gasteiger partial charge in [0.05, 0.1) is 16.0 Å². The van der Waals surface area contributed by atoms with E-state index in [1.807, 2.05) is 19.1 Å². The Morgan fingerprint density at radius 2 is 1.64 bits per heavy atom. The molecule has 0 aliphatic rings. The predicted octanol–water partition coefficient (Wildman–Crippen LogP) is 4.04. The number of hydrogen-bond donors (Lipinski definition) is 0. The molecule has 8 heteroatoms. The van der Waals surface area contributed by atoms with Crippen LogP contribution in [0.4, 0.5) is 4.39 Å². The van der Waals surface area contributed by atoms with E-state index >= 15 is 0 Å². The fourth-order valence-electron chi connectivity index (χ4n) is 2.96. The molecule has 2 heterocycles. The molecule has 2 aromatic heterocycles. The number of aryl methyl sites for hydroxylation is 2. The number of hydrogen-bond acceptors (Lipinski definition) is 5. The van der Waals surface area contributed by atoms with Crippen LogP contribution in [0, 0.1) is 19.7 Å². The predicted molar refractivity (Wildman–Crippen MR) is 107 cm³/mol. The molecule has 0 amide bonds. The summed E-state index contributed by atoms with van der Waals surface area (Å²) in [7, 11) is -4.06. The smallest absolute Gasteiger partial charge is 0.267 e. The summed E-state index contributed by atoms with van der Waals surface area (Å²) < 4.78 is 40.8. The number of sulfone groups is 1. The van der Waals surface area contributed by atoms with E-state index in [4.69, 9.17) is 0 Å². The Morgan fingerprint density at radius 3 is 2.29 bits per heavy atom. The van der Waals surface area contributed by atoms with Crippen molar-refractivity contribution in [3.05, 3.63) is 80.5 Å². The van der Waals surface area contributed by atoms with Gasteiger partial charge in [-0.1, -0.05) is 17.7 Å². The Bertz CT molecular complexity index is 1350. The van der Waals surface area contributed by atoms with E-state index in [0.717, 1.165) is 22.4 Å². The molecule has 2 aromatic carbocycles. The summed E-state index contributed by atoms with van der Waals surface area (Å²) >= 11 is 1.29. The number of fused-ring (bicyclic) bond motifs is 1. The highest BCUT2D eigenvalue weighted by atomic mass is 32.2. The molecule has 0 unspecified atom stereocenters. The minimum atomic E-state index is -4.06. The molecule has 0 aliphatic carbocycles. The van der Waals surface area contributed by atoms with Crippen molar-refractivity contribution in [2.45, 2.75) is 23.8 Å². The van der Waals surface area contributed by atoms with Crippen molar-refractivity contribution in [2.24, 2.45) is 0 Å². The van der Waals surface area contributed by atoms with E-state index in [-0.39, 0.29) is 20.9 Å². The minimum absolute atomic E-state index is 0.0827. The lowest BCUT2D eigenvalue weighted by molar-refractivity contribution is 0.587. The van der Waals surface area contributed by atoms with Crippen LogP contribution in [0.2, 0.25) is 0 Å². The summed E-state index contributed by atoms with van der Waals surface area (Å²) in [6, 6.07) is 11.6. The Kier molecular flexibility index (Phi) is 4.40. The number of rotatable bonds is 3. The van der Waals surface area contributed by atoms with Gasteiger partial charge in [0.1, 0.15) is 5.82 Å². The number of halogens is 1. The number of benzene rings is 2. The normalized spacial score (nSPS) is 11.8. The maximum Gasteiger partial charge on any atom is 0.280 e. The Hall–Kier alpha value is -2.84. The molecule has 0 saturated heterocycles. The van der Waals surface area contributed by atoms with Gasteiger partial charge in [0.25, 0.3) is 5.56 Å². The van der Waals surface area contributed by atoms with Gasteiger partial charge in [0, 0.05) is 15.6 Å². The van der Waals surface area contributed by atoms with E-state index < -0.39 is 15.7 Å². The van der Waals surface area contributed by atoms with Crippen LogP contribution in [0.25, 0.3) is 16.5 Å². The van der Waals surface area contributed by atoms with E-state index in [0.29, 0.717) is 16.0 Å². The van der Waals surface area contributed by atoms with Crippen molar-refractivity contribution in [2.75, 3.05) is 0 Å². The lowest BCUT2D eigenvalue weighted by atomic mass is 10.2. The van der Waals surface area contributed by atoms with Gasteiger partial charge < -0.3 is 0 Å². The highest BCUT2D eigenvalue weighted by Gasteiger charge is 2.26. The molecule has 4 rings (SSSR count). The molecule has 0 saturated carbocycles. The second-order valence-corrected chi connectivity index (χ2v) is 9.34. The fraction of sp³-hybridized carbons (Fsp3) is 0.100. The van der Waals surface area contributed by atoms with Gasteiger partial charge in [-0.2, -0.15) is 9.78 Å². The average Bonchev–Trinajstić information content (AvgIpc) is 3.05. The van der Waals surface area contributed by atoms with Crippen molar-refractivity contribution >= 4 is 31.9 Å². The summed E-state index contributed by atoms with van der Waals surface area (Å²) in [5.41, 5.74) is 1.10. The SMILES string of the molecule is Cc1ccc(-n2nc(S(=O)(=O)c3ccc([18F])cc3)c3csc(C)c3c2=O)cc1. The Labute approximate surface area is 164 Å². The van der Waals surface area contributed by atoms with Gasteiger partial charge in [-0.05, 0) is 50.2 Å². The van der Waals surface area contributed by atoms with Crippen molar-refractivity contribution in [1.82, 2.24) is 9.78 Å². The summed E-state index contributed by atoms with van der Waals surface area (Å²) in [5, 5.41) is 6.21. The van der Waals surface area contributed by atoms with Gasteiger partial charge in [-0.3, -0.25) is 4.79 Å². The molecule has 0 bridgehead atoms. The fourth-order valence-corrected chi connectivity index (χ4v) is 5.23. The first-order valence-electron chi connectivity index (χ1n) is 8.38. The first-order chi connectivity index (χ1) is 13.3. The van der Waals surface area contributed by atoms with Crippen LogP contribution in [0.15, 0.2) is 68.6 Å². The Morgan fingerprint density at radius 1 is 1.00 bits per heavy atom. The third kappa shape index (κ3) is 2.94. The first kappa shape index (κ1) is 18.5. The molecule has 0 spiro atoms. The average molecular weight is 413 g/mol. The molecule has 4 aromatic rings. The first-order valence-corrected chi connectivity index (χ1v) is 10.7. The number of aromatic nitrogens is 2.